The van der Waals surface area contributed by atoms with Crippen LogP contribution in [0, 0.1) is 0 Å². The number of nitrogens with zero attached hydrogens (tertiary/aromatic N) is 7. The average molecular weight is 523 g/mol. The number of H-pyrrole nitrogens is 1. The zero-order valence-electron chi connectivity index (χ0n) is 18.0. The quantitative estimate of drug-likeness (QED) is 0.322. The highest BCUT2D eigenvalue weighted by atomic mass is 32.1. The van der Waals surface area contributed by atoms with Gasteiger partial charge in [0.25, 0.3) is 12.3 Å². The molecule has 2 N–H and O–H groups in total. The van der Waals surface area contributed by atoms with E-state index < -0.39 is 35.1 Å². The lowest BCUT2D eigenvalue weighted by atomic mass is 10.2. The van der Waals surface area contributed by atoms with Gasteiger partial charge in [-0.25, -0.2) is 18.4 Å². The van der Waals surface area contributed by atoms with Crippen LogP contribution in [0.25, 0.3) is 21.9 Å². The Kier molecular flexibility index (Phi) is 5.74. The predicted molar refractivity (Wildman–Crippen MR) is 116 cm³/mol. The number of hydrogen-bond acceptors (Lipinski definition) is 7. The maximum atomic E-state index is 13.6. The van der Waals surface area contributed by atoms with Crippen molar-refractivity contribution in [1.29, 1.82) is 0 Å². The zero-order valence-corrected chi connectivity index (χ0v) is 18.8. The van der Waals surface area contributed by atoms with Gasteiger partial charge in [0.1, 0.15) is 22.6 Å². The maximum absolute atomic E-state index is 13.6. The monoisotopic (exact) mass is 523 g/mol. The molecule has 0 bridgehead atoms. The van der Waals surface area contributed by atoms with Gasteiger partial charge in [-0.3, -0.25) is 9.20 Å². The normalized spacial score (nSPS) is 13.0. The molecule has 16 heteroatoms. The Balaban J connectivity index is 1.65. The van der Waals surface area contributed by atoms with Crippen molar-refractivity contribution < 1.29 is 26.7 Å². The molecule has 0 fully saturated rings. The second-order valence-corrected chi connectivity index (χ2v) is 8.64. The van der Waals surface area contributed by atoms with Crippen LogP contribution >= 0.6 is 11.3 Å². The molecule has 5 aromatic rings. The number of carbonyl (C=O) groups is 1. The van der Waals surface area contributed by atoms with Crippen LogP contribution < -0.4 is 5.32 Å². The zero-order chi connectivity index (χ0) is 25.6. The molecule has 0 aliphatic carbocycles. The summed E-state index contributed by atoms with van der Waals surface area (Å²) in [5, 5.41) is 17.4. The van der Waals surface area contributed by atoms with E-state index in [0.29, 0.717) is 17.2 Å². The number of halogens is 5. The Hall–Kier alpha value is -4.21. The molecule has 5 aromatic heterocycles. The first-order valence-corrected chi connectivity index (χ1v) is 11.0. The van der Waals surface area contributed by atoms with Crippen molar-refractivity contribution in [3.05, 3.63) is 65.1 Å². The molecule has 0 saturated heterocycles. The van der Waals surface area contributed by atoms with Gasteiger partial charge in [0.05, 0.1) is 34.6 Å². The first-order valence-electron chi connectivity index (χ1n) is 10.2. The molecule has 0 aromatic carbocycles. The van der Waals surface area contributed by atoms with Crippen LogP contribution in [0.5, 0.6) is 0 Å². The molecule has 0 saturated carbocycles. The molecule has 0 aliphatic heterocycles. The molecule has 1 amide bonds. The Labute approximate surface area is 201 Å². The molecular weight excluding hydrogens is 509 g/mol. The lowest BCUT2D eigenvalue weighted by Crippen LogP contribution is -2.28. The van der Waals surface area contributed by atoms with Gasteiger partial charge in [-0.05, 0) is 25.1 Å². The summed E-state index contributed by atoms with van der Waals surface area (Å²) in [6, 6.07) is 2.92. The molecule has 5 heterocycles. The number of fused-ring (bicyclic) bond motifs is 1. The summed E-state index contributed by atoms with van der Waals surface area (Å²) in [6.07, 6.45) is -2.61. The van der Waals surface area contributed by atoms with Gasteiger partial charge in [-0.2, -0.15) is 13.2 Å². The summed E-state index contributed by atoms with van der Waals surface area (Å²) in [4.78, 5) is 19.5. The first kappa shape index (κ1) is 23.5. The van der Waals surface area contributed by atoms with E-state index >= 15 is 0 Å². The Bertz CT molecular complexity index is 1540. The third kappa shape index (κ3) is 4.19. The summed E-state index contributed by atoms with van der Waals surface area (Å²) in [7, 11) is 0. The van der Waals surface area contributed by atoms with Crippen molar-refractivity contribution in [2.45, 2.75) is 25.6 Å². The van der Waals surface area contributed by atoms with Crippen LogP contribution in [0.4, 0.5) is 22.0 Å². The molecule has 0 aliphatic rings. The van der Waals surface area contributed by atoms with Gasteiger partial charge in [0.15, 0.2) is 11.5 Å². The Morgan fingerprint density at radius 2 is 2.00 bits per heavy atom. The van der Waals surface area contributed by atoms with Gasteiger partial charge < -0.3 is 10.3 Å². The van der Waals surface area contributed by atoms with Gasteiger partial charge in [0, 0.05) is 6.20 Å². The molecule has 0 unspecified atom stereocenters. The fourth-order valence-corrected chi connectivity index (χ4v) is 4.39. The third-order valence-electron chi connectivity index (χ3n) is 5.21. The number of nitrogens with one attached hydrogen (secondary N) is 2. The van der Waals surface area contributed by atoms with Crippen LogP contribution in [0.3, 0.4) is 0 Å². The minimum atomic E-state index is -4.54. The number of thiophene rings is 1. The number of alkyl halides is 5. The van der Waals surface area contributed by atoms with Gasteiger partial charge in [0.2, 0.25) is 0 Å². The smallest absolute Gasteiger partial charge is 0.342 e. The predicted octanol–water partition coefficient (Wildman–Crippen LogP) is 4.21. The third-order valence-corrected chi connectivity index (χ3v) is 6.36. The van der Waals surface area contributed by atoms with Crippen molar-refractivity contribution in [3.63, 3.8) is 0 Å². The van der Waals surface area contributed by atoms with Crippen LogP contribution in [-0.2, 0) is 6.18 Å². The molecule has 0 spiro atoms. The largest absolute Gasteiger partial charge is 0.425 e. The number of rotatable bonds is 6. The van der Waals surface area contributed by atoms with Gasteiger partial charge >= 0.3 is 6.18 Å². The molecule has 5 rings (SSSR count). The Morgan fingerprint density at radius 3 is 2.67 bits per heavy atom. The molecular formula is C20H14F5N9OS. The van der Waals surface area contributed by atoms with Crippen molar-refractivity contribution in [1.82, 2.24) is 44.9 Å². The lowest BCUT2D eigenvalue weighted by Gasteiger charge is -2.14. The number of aromatic nitrogens is 8. The van der Waals surface area contributed by atoms with Crippen LogP contribution in [-0.4, -0.2) is 45.5 Å². The highest BCUT2D eigenvalue weighted by molar-refractivity contribution is 7.15. The van der Waals surface area contributed by atoms with Crippen molar-refractivity contribution in [2.24, 2.45) is 0 Å². The summed E-state index contributed by atoms with van der Waals surface area (Å²) in [6.45, 7) is 1.65. The minimum absolute atomic E-state index is 0.00596. The second kappa shape index (κ2) is 8.78. The summed E-state index contributed by atoms with van der Waals surface area (Å²) in [5.41, 5.74) is -0.250. The van der Waals surface area contributed by atoms with E-state index in [-0.39, 0.29) is 27.5 Å². The van der Waals surface area contributed by atoms with E-state index in [1.807, 2.05) is 0 Å². The van der Waals surface area contributed by atoms with E-state index in [1.54, 1.807) is 6.92 Å². The van der Waals surface area contributed by atoms with E-state index in [2.05, 4.69) is 35.8 Å². The summed E-state index contributed by atoms with van der Waals surface area (Å²) in [5.74, 6) is -0.231. The fraction of sp³-hybridized carbons (Fsp3) is 0.200. The number of carbonyl (C=O) groups excluding carboxylic acids is 1. The molecule has 1 atom stereocenters. The van der Waals surface area contributed by atoms with Crippen LogP contribution in [0.2, 0.25) is 0 Å². The number of hydrogen-bond donors (Lipinski definition) is 2. The average Bonchev–Trinajstić information content (AvgIpc) is 3.62. The highest BCUT2D eigenvalue weighted by Crippen LogP contribution is 2.39. The standard InChI is InChI=1S/C20H14F5N9OS/c1-9(17-27-8-29-31-17)30-19(35)10-4-11(34-13(16(21)22)6-28-32-34)18-26-5-12(33(18)7-10)14-2-3-15(36-14)20(23,24)25/h2-9,16H,1H3,(H,30,35)(H,27,29,31)/t9-/m0/s1. The topological polar surface area (TPSA) is 119 Å². The maximum Gasteiger partial charge on any atom is 0.425 e. The molecule has 186 valence electrons. The van der Waals surface area contributed by atoms with Gasteiger partial charge in [-0.1, -0.05) is 5.21 Å². The molecule has 36 heavy (non-hydrogen) atoms. The number of imidazole rings is 1. The second-order valence-electron chi connectivity index (χ2n) is 7.55. The van der Waals surface area contributed by atoms with E-state index in [1.165, 1.54) is 35.3 Å². The van der Waals surface area contributed by atoms with Crippen LogP contribution in [0.15, 0.2) is 43.1 Å². The molecule has 10 nitrogen and oxygen atoms in total. The van der Waals surface area contributed by atoms with E-state index in [9.17, 15) is 26.7 Å². The highest BCUT2D eigenvalue weighted by Gasteiger charge is 2.33. The van der Waals surface area contributed by atoms with Crippen molar-refractivity contribution in [3.8, 4) is 16.3 Å². The van der Waals surface area contributed by atoms with Crippen molar-refractivity contribution in [2.75, 3.05) is 0 Å². The van der Waals surface area contributed by atoms with Gasteiger partial charge in [-0.15, -0.1) is 26.6 Å². The number of aromatic amines is 1. The van der Waals surface area contributed by atoms with Crippen molar-refractivity contribution >= 4 is 22.9 Å². The number of amides is 1. The SMILES string of the molecule is C[C@H](NC(=O)c1cc(-n2nncc2C(F)F)c2ncc(-c3ccc(C(F)(F)F)s3)n2c1)c1nnc[nH]1. The van der Waals surface area contributed by atoms with Crippen LogP contribution in [0.1, 0.15) is 46.1 Å². The summed E-state index contributed by atoms with van der Waals surface area (Å²) < 4.78 is 68.9. The summed E-state index contributed by atoms with van der Waals surface area (Å²) >= 11 is 0.486. The lowest BCUT2D eigenvalue weighted by molar-refractivity contribution is -0.134. The fourth-order valence-electron chi connectivity index (χ4n) is 3.51. The first-order chi connectivity index (χ1) is 17.1. The van der Waals surface area contributed by atoms with E-state index in [0.717, 1.165) is 16.9 Å². The Morgan fingerprint density at radius 1 is 1.19 bits per heavy atom. The number of pyridine rings is 1. The van der Waals surface area contributed by atoms with E-state index in [4.69, 9.17) is 0 Å². The molecule has 0 radical (unpaired) electrons. The minimum Gasteiger partial charge on any atom is -0.342 e.